The number of halogens is 1. The fraction of sp³-hybridized carbons (Fsp3) is 0.267. The van der Waals surface area contributed by atoms with Crippen LogP contribution in [0.3, 0.4) is 0 Å². The topological polar surface area (TPSA) is 63.6 Å². The van der Waals surface area contributed by atoms with Gasteiger partial charge < -0.3 is 19.9 Å². The highest BCUT2D eigenvalue weighted by Gasteiger charge is 2.09. The predicted molar refractivity (Wildman–Crippen MR) is 81.0 cm³/mol. The molecule has 112 valence electrons. The Hall–Kier alpha value is -1.98. The summed E-state index contributed by atoms with van der Waals surface area (Å²) >= 11 is 5.99. The number of phenolic OH excluding ortho intramolecular Hbond substituents is 1. The van der Waals surface area contributed by atoms with E-state index in [1.165, 1.54) is 7.11 Å². The molecule has 2 N–H and O–H groups in total. The summed E-state index contributed by atoms with van der Waals surface area (Å²) in [5.41, 5.74) is 1.72. The van der Waals surface area contributed by atoms with Gasteiger partial charge in [0.25, 0.3) is 0 Å². The molecule has 1 aromatic carbocycles. The summed E-state index contributed by atoms with van der Waals surface area (Å²) in [4.78, 5) is 4.05. The van der Waals surface area contributed by atoms with Crippen LogP contribution in [0.1, 0.15) is 11.1 Å². The van der Waals surface area contributed by atoms with E-state index in [0.717, 1.165) is 5.56 Å². The minimum Gasteiger partial charge on any atom is -0.504 e. The molecule has 0 atom stereocenters. The first kappa shape index (κ1) is 15.4. The lowest BCUT2D eigenvalue weighted by atomic mass is 10.1. The Balaban J connectivity index is 2.01. The van der Waals surface area contributed by atoms with Crippen molar-refractivity contribution in [2.24, 2.45) is 0 Å². The lowest BCUT2D eigenvalue weighted by Gasteiger charge is -2.11. The van der Waals surface area contributed by atoms with Crippen LogP contribution in [0.4, 0.5) is 0 Å². The van der Waals surface area contributed by atoms with Gasteiger partial charge in [-0.1, -0.05) is 11.6 Å². The number of nitrogens with one attached hydrogen (secondary N) is 1. The van der Waals surface area contributed by atoms with Crippen LogP contribution < -0.4 is 14.8 Å². The summed E-state index contributed by atoms with van der Waals surface area (Å²) in [6, 6.07) is 7.03. The number of ether oxygens (including phenoxy) is 2. The molecule has 0 aliphatic carbocycles. The number of aromatic hydroxyl groups is 1. The maximum absolute atomic E-state index is 10.0. The largest absolute Gasteiger partial charge is 0.504 e. The maximum atomic E-state index is 10.0. The SMILES string of the molecule is COc1cc(CNCc2cc(Cl)cc(OC)c2O)ccn1. The monoisotopic (exact) mass is 308 g/mol. The molecule has 1 aromatic heterocycles. The molecule has 0 saturated heterocycles. The molecule has 0 unspecified atom stereocenters. The van der Waals surface area contributed by atoms with Gasteiger partial charge in [0.15, 0.2) is 11.5 Å². The van der Waals surface area contributed by atoms with Crippen LogP contribution in [0, 0.1) is 0 Å². The molecule has 0 amide bonds. The third-order valence-corrected chi connectivity index (χ3v) is 3.21. The molecule has 0 aliphatic heterocycles. The molecular weight excluding hydrogens is 292 g/mol. The molecule has 1 heterocycles. The van der Waals surface area contributed by atoms with Crippen molar-refractivity contribution in [1.29, 1.82) is 0 Å². The smallest absolute Gasteiger partial charge is 0.213 e. The molecule has 0 spiro atoms. The van der Waals surface area contributed by atoms with E-state index in [0.29, 0.717) is 35.3 Å². The Bertz CT molecular complexity index is 620. The number of phenols is 1. The first-order chi connectivity index (χ1) is 10.1. The van der Waals surface area contributed by atoms with Crippen molar-refractivity contribution in [2.75, 3.05) is 14.2 Å². The maximum Gasteiger partial charge on any atom is 0.213 e. The molecule has 0 aliphatic rings. The average molecular weight is 309 g/mol. The minimum atomic E-state index is 0.0988. The van der Waals surface area contributed by atoms with Gasteiger partial charge in [0.05, 0.1) is 14.2 Å². The molecular formula is C15H17ClN2O3. The zero-order valence-corrected chi connectivity index (χ0v) is 12.6. The molecule has 2 rings (SSSR count). The number of benzene rings is 1. The van der Waals surface area contributed by atoms with Crippen molar-refractivity contribution in [3.63, 3.8) is 0 Å². The van der Waals surface area contributed by atoms with Crippen LogP contribution in [-0.4, -0.2) is 24.3 Å². The summed E-state index contributed by atoms with van der Waals surface area (Å²) in [5, 5.41) is 13.8. The Kier molecular flexibility index (Phi) is 5.25. The van der Waals surface area contributed by atoms with E-state index < -0.39 is 0 Å². The van der Waals surface area contributed by atoms with E-state index in [-0.39, 0.29) is 5.75 Å². The van der Waals surface area contributed by atoms with E-state index in [4.69, 9.17) is 21.1 Å². The molecule has 0 saturated carbocycles. The molecule has 6 heteroatoms. The Morgan fingerprint density at radius 1 is 1.19 bits per heavy atom. The van der Waals surface area contributed by atoms with E-state index in [2.05, 4.69) is 10.3 Å². The molecule has 2 aromatic rings. The van der Waals surface area contributed by atoms with Gasteiger partial charge in [-0.2, -0.15) is 0 Å². The number of methoxy groups -OCH3 is 2. The minimum absolute atomic E-state index is 0.0988. The van der Waals surface area contributed by atoms with Crippen molar-refractivity contribution in [2.45, 2.75) is 13.1 Å². The van der Waals surface area contributed by atoms with Crippen molar-refractivity contribution in [3.8, 4) is 17.4 Å². The Morgan fingerprint density at radius 3 is 2.71 bits per heavy atom. The van der Waals surface area contributed by atoms with Gasteiger partial charge in [-0.25, -0.2) is 4.98 Å². The number of hydrogen-bond acceptors (Lipinski definition) is 5. The second-order valence-electron chi connectivity index (χ2n) is 4.43. The van der Waals surface area contributed by atoms with Gasteiger partial charge in [-0.3, -0.25) is 0 Å². The summed E-state index contributed by atoms with van der Waals surface area (Å²) in [6.45, 7) is 1.08. The van der Waals surface area contributed by atoms with Gasteiger partial charge in [-0.15, -0.1) is 0 Å². The quantitative estimate of drug-likeness (QED) is 0.859. The third-order valence-electron chi connectivity index (χ3n) is 2.99. The number of aromatic nitrogens is 1. The Morgan fingerprint density at radius 2 is 2.00 bits per heavy atom. The van der Waals surface area contributed by atoms with E-state index in [1.807, 2.05) is 12.1 Å². The van der Waals surface area contributed by atoms with Crippen LogP contribution in [0.5, 0.6) is 17.4 Å². The van der Waals surface area contributed by atoms with Crippen LogP contribution >= 0.6 is 11.6 Å². The van der Waals surface area contributed by atoms with Crippen LogP contribution in [0.25, 0.3) is 0 Å². The standard InChI is InChI=1S/C15H17ClN2O3/c1-20-13-7-12(16)6-11(15(13)19)9-17-8-10-3-4-18-14(5-10)21-2/h3-7,17,19H,8-9H2,1-2H3. The second kappa shape index (κ2) is 7.15. The van der Waals surface area contributed by atoms with Gasteiger partial charge in [0.1, 0.15) is 0 Å². The van der Waals surface area contributed by atoms with Crippen LogP contribution in [-0.2, 0) is 13.1 Å². The zero-order chi connectivity index (χ0) is 15.2. The van der Waals surface area contributed by atoms with Crippen molar-refractivity contribution in [3.05, 3.63) is 46.6 Å². The molecule has 0 radical (unpaired) electrons. The first-order valence-electron chi connectivity index (χ1n) is 6.39. The van der Waals surface area contributed by atoms with Crippen molar-refractivity contribution in [1.82, 2.24) is 10.3 Å². The normalized spacial score (nSPS) is 10.4. The highest BCUT2D eigenvalue weighted by atomic mass is 35.5. The highest BCUT2D eigenvalue weighted by Crippen LogP contribution is 2.33. The lowest BCUT2D eigenvalue weighted by Crippen LogP contribution is -2.13. The number of rotatable bonds is 6. The number of hydrogen-bond donors (Lipinski definition) is 2. The molecule has 0 fully saturated rings. The fourth-order valence-corrected chi connectivity index (χ4v) is 2.16. The van der Waals surface area contributed by atoms with Crippen LogP contribution in [0.15, 0.2) is 30.5 Å². The second-order valence-corrected chi connectivity index (χ2v) is 4.86. The third kappa shape index (κ3) is 4.00. The van der Waals surface area contributed by atoms with E-state index >= 15 is 0 Å². The summed E-state index contributed by atoms with van der Waals surface area (Å²) in [6.07, 6.45) is 1.69. The number of nitrogens with zero attached hydrogens (tertiary/aromatic N) is 1. The Labute approximate surface area is 128 Å². The lowest BCUT2D eigenvalue weighted by molar-refractivity contribution is 0.369. The van der Waals surface area contributed by atoms with Gasteiger partial charge in [0, 0.05) is 42.0 Å². The zero-order valence-electron chi connectivity index (χ0n) is 11.9. The highest BCUT2D eigenvalue weighted by molar-refractivity contribution is 6.30. The molecule has 0 bridgehead atoms. The van der Waals surface area contributed by atoms with Crippen LogP contribution in [0.2, 0.25) is 5.02 Å². The van der Waals surface area contributed by atoms with E-state index in [9.17, 15) is 5.11 Å². The molecule has 5 nitrogen and oxygen atoms in total. The summed E-state index contributed by atoms with van der Waals surface area (Å²) in [7, 11) is 3.07. The first-order valence-corrected chi connectivity index (χ1v) is 6.77. The van der Waals surface area contributed by atoms with Crippen molar-refractivity contribution < 1.29 is 14.6 Å². The summed E-state index contributed by atoms with van der Waals surface area (Å²) in [5.74, 6) is 1.04. The predicted octanol–water partition coefficient (Wildman–Crippen LogP) is 2.75. The average Bonchev–Trinajstić information content (AvgIpc) is 2.50. The summed E-state index contributed by atoms with van der Waals surface area (Å²) < 4.78 is 10.1. The van der Waals surface area contributed by atoms with E-state index in [1.54, 1.807) is 25.4 Å². The van der Waals surface area contributed by atoms with Gasteiger partial charge in [-0.05, 0) is 17.7 Å². The van der Waals surface area contributed by atoms with Crippen molar-refractivity contribution >= 4 is 11.6 Å². The van der Waals surface area contributed by atoms with Gasteiger partial charge >= 0.3 is 0 Å². The molecule has 21 heavy (non-hydrogen) atoms. The number of pyridine rings is 1. The van der Waals surface area contributed by atoms with Gasteiger partial charge in [0.2, 0.25) is 5.88 Å². The fourth-order valence-electron chi connectivity index (χ4n) is 1.93.